The third kappa shape index (κ3) is 28.3. The number of carboxylic acid groups (broad SMARTS) is 2. The number of nitrogens with zero attached hydrogens (tertiary/aromatic N) is 2. The van der Waals surface area contributed by atoms with Crippen LogP contribution in [-0.4, -0.2) is 239 Å². The first kappa shape index (κ1) is 80.3. The van der Waals surface area contributed by atoms with Gasteiger partial charge < -0.3 is 106 Å². The molecule has 0 bridgehead atoms. The quantitative estimate of drug-likeness (QED) is 0.0154. The summed E-state index contributed by atoms with van der Waals surface area (Å²) in [4.78, 5) is 199. The molecule has 2 saturated heterocycles. The van der Waals surface area contributed by atoms with Crippen LogP contribution >= 0.6 is 0 Å². The van der Waals surface area contributed by atoms with Crippen LogP contribution in [0.4, 0.5) is 0 Å². The van der Waals surface area contributed by atoms with Crippen LogP contribution in [-0.2, 0) is 71.9 Å². The molecule has 36 heteroatoms. The highest BCUT2D eigenvalue weighted by atomic mass is 16.4. The minimum Gasteiger partial charge on any atom is -0.481 e. The van der Waals surface area contributed by atoms with Gasteiger partial charge in [-0.25, -0.2) is 4.79 Å². The Bertz CT molecular complexity index is 2650. The fourth-order valence-corrected chi connectivity index (χ4v) is 10.0. The van der Waals surface area contributed by atoms with E-state index in [0.717, 1.165) is 0 Å². The molecule has 0 spiro atoms. The van der Waals surface area contributed by atoms with Crippen molar-refractivity contribution in [3.05, 3.63) is 0 Å². The van der Waals surface area contributed by atoms with Gasteiger partial charge in [-0.3, -0.25) is 72.5 Å². The van der Waals surface area contributed by atoms with Crippen molar-refractivity contribution in [3.8, 4) is 0 Å². The lowest BCUT2D eigenvalue weighted by Crippen LogP contribution is -2.59. The van der Waals surface area contributed by atoms with Crippen molar-refractivity contribution >= 4 is 94.7 Å². The fourth-order valence-electron chi connectivity index (χ4n) is 10.0. The zero-order valence-corrected chi connectivity index (χ0v) is 53.9. The highest BCUT2D eigenvalue weighted by molar-refractivity contribution is 5.99. The van der Waals surface area contributed by atoms with Gasteiger partial charge in [0.25, 0.3) is 0 Å². The van der Waals surface area contributed by atoms with Gasteiger partial charge in [0, 0.05) is 19.6 Å². The van der Waals surface area contributed by atoms with Crippen LogP contribution in [0.1, 0.15) is 126 Å². The van der Waals surface area contributed by atoms with E-state index in [9.17, 15) is 87.2 Å². The van der Waals surface area contributed by atoms with E-state index < -0.39 is 206 Å². The van der Waals surface area contributed by atoms with Crippen LogP contribution in [0.25, 0.3) is 0 Å². The molecule has 2 fully saturated rings. The number of unbranched alkanes of at least 4 members (excludes halogenated alkanes) is 1. The Labute approximate surface area is 539 Å². The number of carboxylic acids is 2. The maximum absolute atomic E-state index is 13.8. The van der Waals surface area contributed by atoms with Gasteiger partial charge in [-0.2, -0.15) is 0 Å². The summed E-state index contributed by atoms with van der Waals surface area (Å²) in [6.45, 7) is 8.58. The van der Waals surface area contributed by atoms with Gasteiger partial charge in [-0.05, 0) is 95.4 Å². The Kier molecular flexibility index (Phi) is 35.3. The highest BCUT2D eigenvalue weighted by Crippen LogP contribution is 2.20. The first-order valence-corrected chi connectivity index (χ1v) is 31.2. The van der Waals surface area contributed by atoms with E-state index in [1.54, 1.807) is 41.5 Å². The molecule has 2 aliphatic heterocycles. The summed E-state index contributed by atoms with van der Waals surface area (Å²) in [6, 6.07) is -12.0. The number of nitrogens with one attached hydrogen (secondary N) is 13. The van der Waals surface area contributed by atoms with Crippen LogP contribution < -0.4 is 81.0 Å². The van der Waals surface area contributed by atoms with Crippen LogP contribution in [0, 0.1) is 23.2 Å². The minimum atomic E-state index is -1.72. The largest absolute Gasteiger partial charge is 0.481 e. The topological polar surface area (TPSA) is 569 Å². The molecule has 0 aromatic rings. The molecule has 0 radical (unpaired) electrons. The van der Waals surface area contributed by atoms with Crippen molar-refractivity contribution in [2.45, 2.75) is 186 Å². The summed E-state index contributed by atoms with van der Waals surface area (Å²) in [5.74, 6) is -15.5. The number of carbonyl (C=O) groups excluding carboxylic acids is 13. The van der Waals surface area contributed by atoms with Crippen molar-refractivity contribution in [2.24, 2.45) is 35.0 Å². The molecule has 2 aliphatic rings. The molecule has 0 aromatic heterocycles. The molecule has 0 unspecified atom stereocenters. The molecule has 13 amide bonds. The fraction of sp³-hybridized carbons (Fsp3) is 0.719. The number of hydrogen-bond donors (Lipinski definition) is 19. The van der Waals surface area contributed by atoms with Crippen LogP contribution in [0.15, 0.2) is 0 Å². The average molecular weight is 1320 g/mol. The number of guanidine groups is 1. The number of aliphatic carboxylic acids is 2. The predicted octanol–water partition coefficient (Wildman–Crippen LogP) is -7.13. The van der Waals surface area contributed by atoms with E-state index in [1.807, 2.05) is 0 Å². The smallest absolute Gasteiger partial charge is 0.326 e. The monoisotopic (exact) mass is 1320 g/mol. The molecule has 22 N–H and O–H groups in total. The van der Waals surface area contributed by atoms with E-state index in [1.165, 1.54) is 16.7 Å². The molecule has 2 heterocycles. The van der Waals surface area contributed by atoms with Crippen molar-refractivity contribution in [3.63, 3.8) is 0 Å². The van der Waals surface area contributed by atoms with Crippen molar-refractivity contribution in [1.29, 1.82) is 5.41 Å². The second-order valence-corrected chi connectivity index (χ2v) is 23.6. The number of rotatable bonds is 41. The molecule has 2 rings (SSSR count). The van der Waals surface area contributed by atoms with E-state index in [2.05, 4.69) is 63.8 Å². The van der Waals surface area contributed by atoms with Gasteiger partial charge in [-0.15, -0.1) is 0 Å². The zero-order valence-electron chi connectivity index (χ0n) is 53.9. The van der Waals surface area contributed by atoms with Gasteiger partial charge in [0.2, 0.25) is 76.8 Å². The second kappa shape index (κ2) is 40.9. The van der Waals surface area contributed by atoms with E-state index >= 15 is 0 Å². The standard InChI is InChI=1S/C57H98N18O18/c1-8-31(6)46(53(89)65-28-43(81)75-21-13-17-38(75)56(92)93)72-52(88)37-16-12-20-74(37)42(80)27-66-54(90)47(32(7)76)73-51(87)35(22-29(2)3)68-40(78)25-63-48(84)33(15-11-19-62-57(60)61)69-55(91)45(30(4)5)71-41(79)26-64-49(85)36(23-44(82)83)70-50(86)34(14-9-10-18-58)67-39(77)24-59/h29-38,45-47,76H,8-28,58-59H2,1-7H3,(H,63,84)(H,64,85)(H,65,89)(H,66,90)(H,67,77)(H,68,78)(H,69,91)(H,70,86)(H,71,79)(H,72,88)(H,73,87)(H,82,83)(H,92,93)(H4,60,61,62)/t31-,32+,33-,34-,35-,36-,37-,38-,45-,46-,47-/m0/s1. The van der Waals surface area contributed by atoms with Crippen LogP contribution in [0.5, 0.6) is 0 Å². The number of nitrogens with two attached hydrogens (primary N) is 3. The summed E-state index contributed by atoms with van der Waals surface area (Å²) < 4.78 is 0. The molecule has 93 heavy (non-hydrogen) atoms. The molecule has 0 saturated carbocycles. The predicted molar refractivity (Wildman–Crippen MR) is 331 cm³/mol. The van der Waals surface area contributed by atoms with Gasteiger partial charge in [0.05, 0.1) is 45.2 Å². The van der Waals surface area contributed by atoms with E-state index in [-0.39, 0.29) is 70.6 Å². The highest BCUT2D eigenvalue weighted by Gasteiger charge is 2.40. The van der Waals surface area contributed by atoms with E-state index in [4.69, 9.17) is 22.6 Å². The minimum absolute atomic E-state index is 0.0275. The molecule has 0 aliphatic carbocycles. The van der Waals surface area contributed by atoms with Crippen LogP contribution in [0.3, 0.4) is 0 Å². The number of aliphatic hydroxyl groups is 1. The molecule has 524 valence electrons. The molecule has 11 atom stereocenters. The molecular weight excluding hydrogens is 1220 g/mol. The van der Waals surface area contributed by atoms with Gasteiger partial charge in [0.1, 0.15) is 54.4 Å². The third-order valence-corrected chi connectivity index (χ3v) is 15.3. The summed E-state index contributed by atoms with van der Waals surface area (Å²) in [5, 5.41) is 66.4. The van der Waals surface area contributed by atoms with Crippen molar-refractivity contribution in [1.82, 2.24) is 73.6 Å². The second-order valence-electron chi connectivity index (χ2n) is 23.6. The molecular formula is C57H98N18O18. The number of amides is 13. The maximum atomic E-state index is 13.8. The Morgan fingerprint density at radius 1 is 0.527 bits per heavy atom. The first-order valence-electron chi connectivity index (χ1n) is 31.2. The summed E-state index contributed by atoms with van der Waals surface area (Å²) in [7, 11) is 0. The van der Waals surface area contributed by atoms with Crippen molar-refractivity contribution in [2.75, 3.05) is 58.9 Å². The van der Waals surface area contributed by atoms with Gasteiger partial charge in [0.15, 0.2) is 5.96 Å². The number of hydrogen-bond acceptors (Lipinski definition) is 19. The summed E-state index contributed by atoms with van der Waals surface area (Å²) in [6.07, 6.45) is 0.169. The van der Waals surface area contributed by atoms with Crippen LogP contribution in [0.2, 0.25) is 0 Å². The average Bonchev–Trinajstić information content (AvgIpc) is 2.10. The summed E-state index contributed by atoms with van der Waals surface area (Å²) in [5.41, 5.74) is 16.3. The Hall–Kier alpha value is -8.80. The van der Waals surface area contributed by atoms with Gasteiger partial charge >= 0.3 is 11.9 Å². The number of carbonyl (C=O) groups is 15. The Morgan fingerprint density at radius 2 is 1.02 bits per heavy atom. The zero-order chi connectivity index (χ0) is 70.2. The normalized spacial score (nSPS) is 17.2. The Balaban J connectivity index is 2.14. The SMILES string of the molecule is CC[C@H](C)[C@H](NC(=O)[C@@H]1CCCN1C(=O)CNC(=O)[C@@H](NC(=O)[C@H](CC(C)C)NC(=O)CNC(=O)[C@H](CCCNC(=N)N)NC(=O)[C@@H](NC(=O)CNC(=O)[C@H](CC(=O)O)NC(=O)[C@H](CCCCN)NC(=O)CN)C(C)C)[C@@H](C)O)C(=O)NCC(=O)N1CCC[C@H]1C(=O)O. The van der Waals surface area contributed by atoms with E-state index in [0.29, 0.717) is 32.1 Å². The summed E-state index contributed by atoms with van der Waals surface area (Å²) >= 11 is 0. The Morgan fingerprint density at radius 3 is 1.54 bits per heavy atom. The lowest BCUT2D eigenvalue weighted by Gasteiger charge is -2.29. The molecule has 0 aromatic carbocycles. The number of aliphatic hydroxyl groups excluding tert-OH is 1. The third-order valence-electron chi connectivity index (χ3n) is 15.3. The molecule has 36 nitrogen and oxygen atoms in total. The lowest BCUT2D eigenvalue weighted by atomic mass is 9.97. The maximum Gasteiger partial charge on any atom is 0.326 e. The van der Waals surface area contributed by atoms with Crippen molar-refractivity contribution < 1.29 is 87.2 Å². The lowest BCUT2D eigenvalue weighted by molar-refractivity contribution is -0.148. The number of likely N-dealkylation sites (tertiary alicyclic amines) is 2. The van der Waals surface area contributed by atoms with Gasteiger partial charge in [-0.1, -0.05) is 48.0 Å². The first-order chi connectivity index (χ1) is 43.8.